The molecule has 4 rings (SSSR count). The lowest BCUT2D eigenvalue weighted by Crippen LogP contribution is -2.38. The normalized spacial score (nSPS) is 11.7. The van der Waals surface area contributed by atoms with E-state index < -0.39 is 0 Å². The maximum absolute atomic E-state index is 13.0. The molecule has 0 spiro atoms. The monoisotopic (exact) mass is 365 g/mol. The maximum Gasteiger partial charge on any atom is 0.332 e. The Hall–Kier alpha value is -3.09. The fourth-order valence-corrected chi connectivity index (χ4v) is 3.72. The first-order chi connectivity index (χ1) is 12.9. The first kappa shape index (κ1) is 17.3. The second-order valence-electron chi connectivity index (χ2n) is 6.84. The van der Waals surface area contributed by atoms with Crippen LogP contribution >= 0.6 is 0 Å². The van der Waals surface area contributed by atoms with Crippen molar-refractivity contribution in [2.75, 3.05) is 0 Å². The highest BCUT2D eigenvalue weighted by atomic mass is 16.2. The summed E-state index contributed by atoms with van der Waals surface area (Å²) in [6.07, 6.45) is 0.977. The van der Waals surface area contributed by atoms with Crippen molar-refractivity contribution >= 4 is 16.9 Å². The highest BCUT2D eigenvalue weighted by Gasteiger charge is 2.22. The molecule has 3 aromatic heterocycles. The van der Waals surface area contributed by atoms with Crippen LogP contribution in [-0.4, -0.2) is 23.1 Å². The molecule has 0 aliphatic rings. The molecular formula is C20H23N5O2. The Balaban J connectivity index is 2.17. The standard InChI is InChI=1S/C20H23N5O2/c1-6-14-8-10-15(11-9-14)24-12(3)13(4)25-16-17(21-19(24)25)22(5)20(27)23(7-2)18(16)26/h8-11H,6-7H2,1-5H3. The van der Waals surface area contributed by atoms with Gasteiger partial charge in [-0.15, -0.1) is 0 Å². The van der Waals surface area contributed by atoms with Crippen LogP contribution < -0.4 is 11.2 Å². The molecule has 4 aromatic rings. The summed E-state index contributed by atoms with van der Waals surface area (Å²) < 4.78 is 6.60. The minimum atomic E-state index is -0.344. The molecule has 0 aliphatic heterocycles. The van der Waals surface area contributed by atoms with Crippen LogP contribution in [0.25, 0.3) is 22.6 Å². The number of hydrogen-bond acceptors (Lipinski definition) is 3. The molecule has 0 radical (unpaired) electrons. The van der Waals surface area contributed by atoms with E-state index in [0.29, 0.717) is 23.5 Å². The highest BCUT2D eigenvalue weighted by molar-refractivity contribution is 5.77. The number of rotatable bonds is 3. The second-order valence-corrected chi connectivity index (χ2v) is 6.84. The number of imidazole rings is 2. The van der Waals surface area contributed by atoms with Gasteiger partial charge in [-0.2, -0.15) is 4.98 Å². The summed E-state index contributed by atoms with van der Waals surface area (Å²) in [5, 5.41) is 0. The van der Waals surface area contributed by atoms with E-state index in [-0.39, 0.29) is 11.2 Å². The fraction of sp³-hybridized carbons (Fsp3) is 0.350. The van der Waals surface area contributed by atoms with Gasteiger partial charge < -0.3 is 0 Å². The molecule has 140 valence electrons. The molecule has 0 aliphatic carbocycles. The van der Waals surface area contributed by atoms with E-state index in [1.807, 2.05) is 22.8 Å². The van der Waals surface area contributed by atoms with Crippen LogP contribution in [0.2, 0.25) is 0 Å². The molecule has 0 amide bonds. The summed E-state index contributed by atoms with van der Waals surface area (Å²) in [7, 11) is 1.66. The van der Waals surface area contributed by atoms with Gasteiger partial charge in [-0.3, -0.25) is 22.9 Å². The summed E-state index contributed by atoms with van der Waals surface area (Å²) in [6, 6.07) is 8.33. The second kappa shape index (κ2) is 5.97. The van der Waals surface area contributed by atoms with Crippen molar-refractivity contribution in [3.63, 3.8) is 0 Å². The Morgan fingerprint density at radius 1 is 1.00 bits per heavy atom. The first-order valence-corrected chi connectivity index (χ1v) is 9.19. The van der Waals surface area contributed by atoms with Gasteiger partial charge in [0.25, 0.3) is 5.56 Å². The van der Waals surface area contributed by atoms with Gasteiger partial charge in [0.05, 0.1) is 0 Å². The molecule has 0 saturated heterocycles. The minimum Gasteiger partial charge on any atom is -0.283 e. The summed E-state index contributed by atoms with van der Waals surface area (Å²) in [4.78, 5) is 30.1. The SMILES string of the molecule is CCc1ccc(-n2c(C)c(C)n3c4c(=O)n(CC)c(=O)n(C)c4nc23)cc1. The quantitative estimate of drug-likeness (QED) is 0.560. The number of aryl methyl sites for hydroxylation is 3. The Morgan fingerprint density at radius 2 is 1.67 bits per heavy atom. The predicted molar refractivity (Wildman–Crippen MR) is 106 cm³/mol. The first-order valence-electron chi connectivity index (χ1n) is 9.19. The Kier molecular flexibility index (Phi) is 3.83. The van der Waals surface area contributed by atoms with Crippen LogP contribution in [0, 0.1) is 13.8 Å². The van der Waals surface area contributed by atoms with Crippen LogP contribution in [0.3, 0.4) is 0 Å². The smallest absolute Gasteiger partial charge is 0.283 e. The average Bonchev–Trinajstić information content (AvgIpc) is 3.17. The zero-order valence-corrected chi connectivity index (χ0v) is 16.3. The van der Waals surface area contributed by atoms with Crippen molar-refractivity contribution in [2.24, 2.45) is 7.05 Å². The molecule has 0 fully saturated rings. The molecule has 0 saturated carbocycles. The molecule has 3 heterocycles. The molecule has 0 N–H and O–H groups in total. The average molecular weight is 365 g/mol. The molecule has 0 bridgehead atoms. The van der Waals surface area contributed by atoms with Crippen molar-refractivity contribution in [2.45, 2.75) is 40.7 Å². The lowest BCUT2D eigenvalue weighted by atomic mass is 10.1. The molecule has 7 nitrogen and oxygen atoms in total. The third-order valence-electron chi connectivity index (χ3n) is 5.44. The number of hydrogen-bond donors (Lipinski definition) is 0. The predicted octanol–water partition coefficient (Wildman–Crippen LogP) is 2.34. The van der Waals surface area contributed by atoms with Crippen LogP contribution in [0.4, 0.5) is 0 Å². The lowest BCUT2D eigenvalue weighted by molar-refractivity contribution is 0.636. The Morgan fingerprint density at radius 3 is 2.26 bits per heavy atom. The molecule has 0 unspecified atom stereocenters. The number of nitrogens with zero attached hydrogens (tertiary/aromatic N) is 5. The van der Waals surface area contributed by atoms with E-state index in [4.69, 9.17) is 0 Å². The maximum atomic E-state index is 13.0. The van der Waals surface area contributed by atoms with Crippen LogP contribution in [0.1, 0.15) is 30.8 Å². The highest BCUT2D eigenvalue weighted by Crippen LogP contribution is 2.24. The molecule has 1 aromatic carbocycles. The van der Waals surface area contributed by atoms with Gasteiger partial charge in [-0.05, 0) is 44.9 Å². The number of fused-ring (bicyclic) bond motifs is 3. The zero-order valence-electron chi connectivity index (χ0n) is 16.3. The third kappa shape index (κ3) is 2.24. The van der Waals surface area contributed by atoms with Crippen LogP contribution in [0.5, 0.6) is 0 Å². The van der Waals surface area contributed by atoms with Gasteiger partial charge in [0.1, 0.15) is 0 Å². The Bertz CT molecular complexity index is 1300. The zero-order chi connectivity index (χ0) is 19.5. The summed E-state index contributed by atoms with van der Waals surface area (Å²) in [5.74, 6) is 0.644. The van der Waals surface area contributed by atoms with E-state index in [2.05, 4.69) is 36.2 Å². The van der Waals surface area contributed by atoms with Crippen molar-refractivity contribution in [1.29, 1.82) is 0 Å². The van der Waals surface area contributed by atoms with Crippen molar-refractivity contribution in [3.8, 4) is 5.69 Å². The van der Waals surface area contributed by atoms with E-state index >= 15 is 0 Å². The van der Waals surface area contributed by atoms with Gasteiger partial charge in [0, 0.05) is 30.7 Å². The Labute approximate surface area is 156 Å². The van der Waals surface area contributed by atoms with Gasteiger partial charge in [0.2, 0.25) is 5.78 Å². The van der Waals surface area contributed by atoms with E-state index in [9.17, 15) is 9.59 Å². The van der Waals surface area contributed by atoms with Gasteiger partial charge >= 0.3 is 5.69 Å². The molecule has 0 atom stereocenters. The van der Waals surface area contributed by atoms with Crippen molar-refractivity contribution in [3.05, 3.63) is 62.1 Å². The van der Waals surface area contributed by atoms with Crippen molar-refractivity contribution in [1.82, 2.24) is 23.1 Å². The molecule has 27 heavy (non-hydrogen) atoms. The fourth-order valence-electron chi connectivity index (χ4n) is 3.72. The topological polar surface area (TPSA) is 66.2 Å². The molecule has 7 heteroatoms. The summed E-state index contributed by atoms with van der Waals surface area (Å²) in [6.45, 7) is 8.24. The largest absolute Gasteiger partial charge is 0.332 e. The van der Waals surface area contributed by atoms with Gasteiger partial charge in [0.15, 0.2) is 11.2 Å². The minimum absolute atomic E-state index is 0.301. The molecular weight excluding hydrogens is 342 g/mol. The van der Waals surface area contributed by atoms with Crippen LogP contribution in [-0.2, 0) is 20.0 Å². The third-order valence-corrected chi connectivity index (χ3v) is 5.44. The van der Waals surface area contributed by atoms with E-state index in [1.54, 1.807) is 14.0 Å². The number of aromatic nitrogens is 5. The van der Waals surface area contributed by atoms with Crippen molar-refractivity contribution < 1.29 is 0 Å². The van der Waals surface area contributed by atoms with E-state index in [0.717, 1.165) is 23.5 Å². The van der Waals surface area contributed by atoms with Crippen LogP contribution in [0.15, 0.2) is 33.9 Å². The summed E-state index contributed by atoms with van der Waals surface area (Å²) >= 11 is 0. The van der Waals surface area contributed by atoms with E-state index in [1.165, 1.54) is 14.7 Å². The van der Waals surface area contributed by atoms with Gasteiger partial charge in [-0.1, -0.05) is 19.1 Å². The summed E-state index contributed by atoms with van der Waals surface area (Å²) in [5.41, 5.74) is 4.40. The number of benzene rings is 1. The van der Waals surface area contributed by atoms with Gasteiger partial charge in [-0.25, -0.2) is 4.79 Å². The lowest BCUT2D eigenvalue weighted by Gasteiger charge is -2.07.